The molecule has 7 N–H and O–H groups in total. The fourth-order valence-corrected chi connectivity index (χ4v) is 6.00. The molecule has 0 saturated heterocycles. The Morgan fingerprint density at radius 3 is 1.62 bits per heavy atom. The number of nitrogens with one attached hydrogen (secondary N) is 6. The van der Waals surface area contributed by atoms with Gasteiger partial charge in [-0.3, -0.25) is 28.8 Å². The molecule has 2 aromatic rings. The van der Waals surface area contributed by atoms with E-state index in [9.17, 15) is 28.8 Å². The van der Waals surface area contributed by atoms with E-state index >= 15 is 0 Å². The van der Waals surface area contributed by atoms with Crippen LogP contribution in [0.15, 0.2) is 60.7 Å². The van der Waals surface area contributed by atoms with Gasteiger partial charge in [-0.05, 0) is 107 Å². The summed E-state index contributed by atoms with van der Waals surface area (Å²) in [5.74, 6) is -2.62. The summed E-state index contributed by atoms with van der Waals surface area (Å²) >= 11 is 0. The van der Waals surface area contributed by atoms with E-state index in [0.29, 0.717) is 24.9 Å². The summed E-state index contributed by atoms with van der Waals surface area (Å²) in [6.07, 6.45) is 5.24. The van der Waals surface area contributed by atoms with E-state index in [2.05, 4.69) is 95.7 Å². The average molecular weight is 842 g/mol. The standard InChI is InChI=1S/C29H53N7O6.2C7H8.C2H6.CH4O/c1-7-36(19(2)3)15-9-8-10-24(29(42)31-16-20(4)37)35-26(39)18-32-27(40)21(5)34-25(38)17-33-28(41)22-11-13-23(30-6)14-12-22;2*1-7-5-3-2-4-6-7;2*1-2/h19,21-24,30H,7-18H2,1-6H3,(H,31,42)(H,32,40)(H,33,41)(H,34,38)(H,35,39);2*2-6H,1H3;1-2H3;2H,1H3/t21-,22?,23?,24-;;;;/m0..../s1. The third-order valence-corrected chi connectivity index (χ3v) is 9.49. The number of unbranched alkanes of at least 4 members (excludes halogenated alkanes) is 1. The Balaban J connectivity index is 0. The van der Waals surface area contributed by atoms with Gasteiger partial charge in [0.15, 0.2) is 0 Å². The van der Waals surface area contributed by atoms with Crippen molar-refractivity contribution in [2.24, 2.45) is 5.92 Å². The van der Waals surface area contributed by atoms with Crippen LogP contribution >= 0.6 is 0 Å². The second-order valence-corrected chi connectivity index (χ2v) is 14.6. The monoisotopic (exact) mass is 842 g/mol. The lowest BCUT2D eigenvalue weighted by Gasteiger charge is -2.27. The molecule has 0 heterocycles. The first-order valence-corrected chi connectivity index (χ1v) is 21.5. The van der Waals surface area contributed by atoms with Gasteiger partial charge >= 0.3 is 0 Å². The number of carbonyl (C=O) groups excluding carboxylic acids is 6. The Kier molecular flexibility index (Phi) is 34.7. The lowest BCUT2D eigenvalue weighted by Crippen LogP contribution is -2.52. The summed E-state index contributed by atoms with van der Waals surface area (Å²) in [5, 5.41) is 23.0. The third-order valence-electron chi connectivity index (χ3n) is 9.49. The van der Waals surface area contributed by atoms with E-state index in [1.54, 1.807) is 0 Å². The number of ketones is 1. The van der Waals surface area contributed by atoms with Crippen LogP contribution in [0.25, 0.3) is 0 Å². The molecular formula is C46H79N7O7. The highest BCUT2D eigenvalue weighted by molar-refractivity contribution is 5.94. The van der Waals surface area contributed by atoms with Crippen LogP contribution in [0.2, 0.25) is 0 Å². The third kappa shape index (κ3) is 28.7. The Labute approximate surface area is 361 Å². The molecule has 0 aromatic heterocycles. The van der Waals surface area contributed by atoms with Crippen LogP contribution in [-0.2, 0) is 28.8 Å². The topological polar surface area (TPSA) is 198 Å². The minimum Gasteiger partial charge on any atom is -0.400 e. The minimum atomic E-state index is -0.939. The van der Waals surface area contributed by atoms with Crippen molar-refractivity contribution < 1.29 is 33.9 Å². The van der Waals surface area contributed by atoms with Crippen LogP contribution < -0.4 is 31.9 Å². The maximum absolute atomic E-state index is 12.6. The van der Waals surface area contributed by atoms with E-state index in [1.807, 2.05) is 57.3 Å². The molecule has 1 aliphatic rings. The maximum Gasteiger partial charge on any atom is 0.242 e. The van der Waals surface area contributed by atoms with Gasteiger partial charge in [0, 0.05) is 25.1 Å². The first-order chi connectivity index (χ1) is 28.7. The molecule has 0 bridgehead atoms. The van der Waals surface area contributed by atoms with Crippen molar-refractivity contribution in [1.29, 1.82) is 0 Å². The summed E-state index contributed by atoms with van der Waals surface area (Å²) in [4.78, 5) is 75.9. The van der Waals surface area contributed by atoms with E-state index in [4.69, 9.17) is 5.11 Å². The number of aryl methyl sites for hydroxylation is 2. The number of amides is 5. The largest absolute Gasteiger partial charge is 0.400 e. The number of Topliss-reactive ketones (excluding diaryl/α,β-unsaturated/α-hetero) is 1. The summed E-state index contributed by atoms with van der Waals surface area (Å²) < 4.78 is 0. The van der Waals surface area contributed by atoms with Gasteiger partial charge in [0.05, 0.1) is 19.6 Å². The van der Waals surface area contributed by atoms with Crippen molar-refractivity contribution in [1.82, 2.24) is 36.8 Å². The molecule has 0 unspecified atom stereocenters. The Bertz CT molecular complexity index is 1420. The van der Waals surface area contributed by atoms with E-state index in [1.165, 1.54) is 25.0 Å². The second kappa shape index (κ2) is 36.2. The van der Waals surface area contributed by atoms with Crippen molar-refractivity contribution in [3.05, 3.63) is 71.8 Å². The van der Waals surface area contributed by atoms with Crippen LogP contribution in [-0.4, -0.2) is 116 Å². The molecule has 3 rings (SSSR count). The van der Waals surface area contributed by atoms with Crippen molar-refractivity contribution in [3.8, 4) is 0 Å². The van der Waals surface area contributed by atoms with E-state index in [-0.39, 0.29) is 30.7 Å². The molecule has 340 valence electrons. The van der Waals surface area contributed by atoms with Gasteiger partial charge in [-0.25, -0.2) is 0 Å². The van der Waals surface area contributed by atoms with Crippen molar-refractivity contribution >= 4 is 35.3 Å². The zero-order valence-corrected chi connectivity index (χ0v) is 38.5. The summed E-state index contributed by atoms with van der Waals surface area (Å²) in [5.41, 5.74) is 2.64. The fourth-order valence-electron chi connectivity index (χ4n) is 6.00. The number of rotatable bonds is 19. The van der Waals surface area contributed by atoms with E-state index in [0.717, 1.165) is 52.3 Å². The summed E-state index contributed by atoms with van der Waals surface area (Å²) in [6.45, 7) is 18.4. The maximum atomic E-state index is 12.6. The molecule has 14 heteroatoms. The first-order valence-electron chi connectivity index (χ1n) is 21.5. The lowest BCUT2D eigenvalue weighted by atomic mass is 9.85. The highest BCUT2D eigenvalue weighted by Crippen LogP contribution is 2.24. The first kappa shape index (κ1) is 57.4. The minimum absolute atomic E-state index is 0.124. The molecule has 5 amide bonds. The Hall–Kier alpha value is -4.66. The number of hydrogen-bond acceptors (Lipinski definition) is 9. The lowest BCUT2D eigenvalue weighted by molar-refractivity contribution is -0.132. The number of hydrogen-bond donors (Lipinski definition) is 7. The molecule has 0 spiro atoms. The zero-order chi connectivity index (χ0) is 45.9. The van der Waals surface area contributed by atoms with Crippen molar-refractivity contribution in [3.63, 3.8) is 0 Å². The highest BCUT2D eigenvalue weighted by atomic mass is 16.2. The summed E-state index contributed by atoms with van der Waals surface area (Å²) in [7, 11) is 2.91. The quantitative estimate of drug-likeness (QED) is 0.101. The molecule has 14 nitrogen and oxygen atoms in total. The molecule has 1 saturated carbocycles. The number of benzene rings is 2. The fraction of sp³-hybridized carbons (Fsp3) is 0.609. The van der Waals surface area contributed by atoms with Crippen molar-refractivity contribution in [2.75, 3.05) is 46.9 Å². The van der Waals surface area contributed by atoms with E-state index < -0.39 is 42.3 Å². The van der Waals surface area contributed by atoms with Crippen LogP contribution in [0.4, 0.5) is 0 Å². The van der Waals surface area contributed by atoms with Gasteiger partial charge in [0.25, 0.3) is 0 Å². The zero-order valence-electron chi connectivity index (χ0n) is 38.5. The van der Waals surface area contributed by atoms with Gasteiger partial charge in [-0.1, -0.05) is 92.6 Å². The highest BCUT2D eigenvalue weighted by Gasteiger charge is 2.26. The van der Waals surface area contributed by atoms with Gasteiger partial charge in [-0.2, -0.15) is 0 Å². The molecule has 2 atom stereocenters. The average Bonchev–Trinajstić information content (AvgIpc) is 3.25. The molecule has 0 radical (unpaired) electrons. The predicted octanol–water partition coefficient (Wildman–Crippen LogP) is 4.22. The number of aliphatic hydroxyl groups is 1. The smallest absolute Gasteiger partial charge is 0.242 e. The summed E-state index contributed by atoms with van der Waals surface area (Å²) in [6, 6.07) is 19.6. The van der Waals surface area contributed by atoms with Crippen LogP contribution in [0, 0.1) is 19.8 Å². The molecule has 60 heavy (non-hydrogen) atoms. The van der Waals surface area contributed by atoms with Gasteiger partial charge in [0.2, 0.25) is 29.5 Å². The number of nitrogens with zero attached hydrogens (tertiary/aromatic N) is 1. The van der Waals surface area contributed by atoms with Gasteiger partial charge < -0.3 is 41.9 Å². The normalized spacial score (nSPS) is 14.9. The SMILES string of the molecule is CC.CCN(CCCC[C@H](NC(=O)CNC(=O)[C@H](C)NC(=O)CNC(=O)C1CCC(NC)CC1)C(=O)NCC(C)=O)C(C)C.CO.Cc1ccccc1.Cc1ccccc1. The molecule has 2 aromatic carbocycles. The van der Waals surface area contributed by atoms with Gasteiger partial charge in [0.1, 0.15) is 17.9 Å². The van der Waals surface area contributed by atoms with Crippen molar-refractivity contribution in [2.45, 2.75) is 131 Å². The van der Waals surface area contributed by atoms with Crippen LogP contribution in [0.5, 0.6) is 0 Å². The Morgan fingerprint density at radius 1 is 0.700 bits per heavy atom. The molecule has 0 aliphatic heterocycles. The second-order valence-electron chi connectivity index (χ2n) is 14.6. The number of aliphatic hydroxyl groups excluding tert-OH is 1. The predicted molar refractivity (Wildman–Crippen MR) is 242 cm³/mol. The molecule has 1 aliphatic carbocycles. The Morgan fingerprint density at radius 2 is 1.18 bits per heavy atom. The van der Waals surface area contributed by atoms with Gasteiger partial charge in [-0.15, -0.1) is 0 Å². The molecular weight excluding hydrogens is 763 g/mol. The van der Waals surface area contributed by atoms with Crippen LogP contribution in [0.3, 0.4) is 0 Å². The van der Waals surface area contributed by atoms with Crippen LogP contribution in [0.1, 0.15) is 105 Å². The molecule has 1 fully saturated rings. The number of carbonyl (C=O) groups is 6.